The molecule has 3 nitrogen and oxygen atoms in total. The summed E-state index contributed by atoms with van der Waals surface area (Å²) in [5, 5.41) is 1.31. The summed E-state index contributed by atoms with van der Waals surface area (Å²) in [6, 6.07) is 14.9. The first-order valence-electron chi connectivity index (χ1n) is 7.92. The number of carbonyl (C=O) groups excluding carboxylic acids is 1. The van der Waals surface area contributed by atoms with E-state index in [9.17, 15) is 4.79 Å². The molecule has 0 saturated carbocycles. The fourth-order valence-corrected chi connectivity index (χ4v) is 3.04. The number of esters is 1. The van der Waals surface area contributed by atoms with E-state index in [-0.39, 0.29) is 5.97 Å². The summed E-state index contributed by atoms with van der Waals surface area (Å²) in [6.45, 7) is 4.02. The molecule has 0 radical (unpaired) electrons. The van der Waals surface area contributed by atoms with Crippen LogP contribution in [0.5, 0.6) is 0 Å². The summed E-state index contributed by atoms with van der Waals surface area (Å²) >= 11 is 12.0. The van der Waals surface area contributed by atoms with Gasteiger partial charge in [-0.15, -0.1) is 0 Å². The van der Waals surface area contributed by atoms with Crippen molar-refractivity contribution in [2.75, 3.05) is 6.61 Å². The molecule has 0 aliphatic carbocycles. The summed E-state index contributed by atoms with van der Waals surface area (Å²) in [4.78, 5) is 12.5. The van der Waals surface area contributed by atoms with Crippen molar-refractivity contribution in [2.45, 2.75) is 13.8 Å². The monoisotopic (exact) mass is 373 g/mol. The van der Waals surface area contributed by atoms with Crippen LogP contribution >= 0.6 is 23.2 Å². The molecule has 0 amide bonds. The number of aromatic nitrogens is 1. The summed E-state index contributed by atoms with van der Waals surface area (Å²) in [5.41, 5.74) is 4.00. The molecule has 0 bridgehead atoms. The van der Waals surface area contributed by atoms with Crippen LogP contribution in [0.15, 0.2) is 54.7 Å². The summed E-state index contributed by atoms with van der Waals surface area (Å²) in [6.07, 6.45) is 1.94. The molecule has 0 N–H and O–H groups in total. The Morgan fingerprint density at radius 2 is 1.56 bits per heavy atom. The zero-order valence-electron chi connectivity index (χ0n) is 13.9. The number of halogens is 2. The molecule has 1 aromatic heterocycles. The Kier molecular flexibility index (Phi) is 5.16. The van der Waals surface area contributed by atoms with E-state index in [1.54, 1.807) is 19.1 Å². The van der Waals surface area contributed by atoms with Gasteiger partial charge in [0.05, 0.1) is 12.2 Å². The van der Waals surface area contributed by atoms with Crippen molar-refractivity contribution >= 4 is 29.2 Å². The molecule has 0 fully saturated rings. The number of benzene rings is 2. The lowest BCUT2D eigenvalue weighted by Gasteiger charge is -2.07. The normalized spacial score (nSPS) is 10.7. The molecule has 2 aromatic carbocycles. The number of hydrogen-bond donors (Lipinski definition) is 0. The topological polar surface area (TPSA) is 31.2 Å². The van der Waals surface area contributed by atoms with Gasteiger partial charge in [0, 0.05) is 33.2 Å². The van der Waals surface area contributed by atoms with Crippen LogP contribution in [0.1, 0.15) is 23.0 Å². The van der Waals surface area contributed by atoms with Crippen LogP contribution in [-0.4, -0.2) is 17.1 Å². The van der Waals surface area contributed by atoms with Gasteiger partial charge >= 0.3 is 5.97 Å². The Morgan fingerprint density at radius 1 is 1.00 bits per heavy atom. The molecule has 0 saturated heterocycles. The Hall–Kier alpha value is -2.23. The van der Waals surface area contributed by atoms with Crippen LogP contribution in [0, 0.1) is 6.92 Å². The van der Waals surface area contributed by atoms with Crippen molar-refractivity contribution < 1.29 is 9.53 Å². The number of ether oxygens (including phenoxy) is 1. The highest BCUT2D eigenvalue weighted by Crippen LogP contribution is 2.32. The largest absolute Gasteiger partial charge is 0.462 e. The van der Waals surface area contributed by atoms with Crippen LogP contribution < -0.4 is 0 Å². The molecule has 0 atom stereocenters. The highest BCUT2D eigenvalue weighted by atomic mass is 35.5. The van der Waals surface area contributed by atoms with Gasteiger partial charge < -0.3 is 9.30 Å². The Balaban J connectivity index is 2.18. The molecule has 0 unspecified atom stereocenters. The fourth-order valence-electron chi connectivity index (χ4n) is 2.78. The first kappa shape index (κ1) is 17.6. The summed E-state index contributed by atoms with van der Waals surface area (Å²) in [7, 11) is 0. The average molecular weight is 374 g/mol. The molecule has 3 aromatic rings. The average Bonchev–Trinajstić information content (AvgIpc) is 2.94. The minimum Gasteiger partial charge on any atom is -0.462 e. The number of hydrogen-bond acceptors (Lipinski definition) is 2. The van der Waals surface area contributed by atoms with Crippen molar-refractivity contribution in [2.24, 2.45) is 0 Å². The summed E-state index contributed by atoms with van der Waals surface area (Å²) in [5.74, 6) is -0.335. The molecule has 0 aliphatic rings. The van der Waals surface area contributed by atoms with Gasteiger partial charge in [0.15, 0.2) is 0 Å². The molecular formula is C20H17Cl2NO2. The smallest absolute Gasteiger partial charge is 0.340 e. The van der Waals surface area contributed by atoms with E-state index in [0.29, 0.717) is 22.2 Å². The van der Waals surface area contributed by atoms with Crippen LogP contribution in [0.4, 0.5) is 0 Å². The quantitative estimate of drug-likeness (QED) is 0.530. The van der Waals surface area contributed by atoms with Crippen LogP contribution in [0.2, 0.25) is 10.0 Å². The Bertz CT molecular complexity index is 897. The lowest BCUT2D eigenvalue weighted by Crippen LogP contribution is -2.07. The third-order valence-electron chi connectivity index (χ3n) is 3.99. The van der Waals surface area contributed by atoms with Crippen molar-refractivity contribution in [3.05, 3.63) is 76.0 Å². The van der Waals surface area contributed by atoms with Crippen molar-refractivity contribution in [1.29, 1.82) is 0 Å². The molecule has 5 heteroatoms. The maximum absolute atomic E-state index is 12.5. The SMILES string of the molecule is CCOC(=O)c1c(-c2ccc(Cl)cc2)cn(-c2ccc(Cl)cc2)c1C. The van der Waals surface area contributed by atoms with E-state index in [2.05, 4.69) is 0 Å². The predicted octanol–water partition coefficient (Wildman–Crippen LogP) is 5.94. The highest BCUT2D eigenvalue weighted by Gasteiger charge is 2.22. The van der Waals surface area contributed by atoms with Crippen LogP contribution in [0.3, 0.4) is 0 Å². The first-order chi connectivity index (χ1) is 12.0. The molecule has 3 rings (SSSR count). The molecule has 25 heavy (non-hydrogen) atoms. The van der Waals surface area contributed by atoms with Gasteiger partial charge in [-0.1, -0.05) is 35.3 Å². The van der Waals surface area contributed by atoms with Crippen molar-refractivity contribution in [3.63, 3.8) is 0 Å². The van der Waals surface area contributed by atoms with E-state index in [0.717, 1.165) is 22.5 Å². The highest BCUT2D eigenvalue weighted by molar-refractivity contribution is 6.30. The van der Waals surface area contributed by atoms with Gasteiger partial charge in [0.1, 0.15) is 0 Å². The second-order valence-electron chi connectivity index (χ2n) is 5.58. The minimum absolute atomic E-state index is 0.324. The third-order valence-corrected chi connectivity index (χ3v) is 4.49. The maximum atomic E-state index is 12.5. The van der Waals surface area contributed by atoms with Gasteiger partial charge in [-0.3, -0.25) is 0 Å². The van der Waals surface area contributed by atoms with Crippen molar-refractivity contribution in [3.8, 4) is 16.8 Å². The lowest BCUT2D eigenvalue weighted by molar-refractivity contribution is 0.0526. The molecule has 1 heterocycles. The number of rotatable bonds is 4. The molecule has 0 spiro atoms. The van der Waals surface area contributed by atoms with Crippen molar-refractivity contribution in [1.82, 2.24) is 4.57 Å². The molecule has 128 valence electrons. The van der Waals surface area contributed by atoms with E-state index < -0.39 is 0 Å². The third kappa shape index (κ3) is 3.58. The Labute approximate surface area is 156 Å². The predicted molar refractivity (Wildman–Crippen MR) is 102 cm³/mol. The zero-order chi connectivity index (χ0) is 18.0. The van der Waals surface area contributed by atoms with Gasteiger partial charge in [-0.25, -0.2) is 4.79 Å². The Morgan fingerprint density at radius 3 is 2.12 bits per heavy atom. The number of carbonyl (C=O) groups is 1. The van der Waals surface area contributed by atoms with Crippen LogP contribution in [-0.2, 0) is 4.74 Å². The molecule has 0 aliphatic heterocycles. The standard InChI is InChI=1S/C20H17Cl2NO2/c1-3-25-20(24)19-13(2)23(17-10-8-16(22)9-11-17)12-18(19)14-4-6-15(21)7-5-14/h4-12H,3H2,1-2H3. The molecular weight excluding hydrogens is 357 g/mol. The van der Waals surface area contributed by atoms with Gasteiger partial charge in [0.2, 0.25) is 0 Å². The summed E-state index contributed by atoms with van der Waals surface area (Å²) < 4.78 is 7.23. The lowest BCUT2D eigenvalue weighted by atomic mass is 10.0. The van der Waals surface area contributed by atoms with Gasteiger partial charge in [0.25, 0.3) is 0 Å². The van der Waals surface area contributed by atoms with Gasteiger partial charge in [-0.05, 0) is 55.8 Å². The fraction of sp³-hybridized carbons (Fsp3) is 0.150. The maximum Gasteiger partial charge on any atom is 0.340 e. The minimum atomic E-state index is -0.335. The number of nitrogens with zero attached hydrogens (tertiary/aromatic N) is 1. The first-order valence-corrected chi connectivity index (χ1v) is 8.67. The second kappa shape index (κ2) is 7.34. The van der Waals surface area contributed by atoms with E-state index in [1.165, 1.54) is 0 Å². The van der Waals surface area contributed by atoms with Gasteiger partial charge in [-0.2, -0.15) is 0 Å². The second-order valence-corrected chi connectivity index (χ2v) is 6.45. The van der Waals surface area contributed by atoms with E-state index >= 15 is 0 Å². The van der Waals surface area contributed by atoms with Crippen LogP contribution in [0.25, 0.3) is 16.8 Å². The zero-order valence-corrected chi connectivity index (χ0v) is 15.4. The van der Waals surface area contributed by atoms with E-state index in [1.807, 2.05) is 54.1 Å². The van der Waals surface area contributed by atoms with E-state index in [4.69, 9.17) is 27.9 Å².